The minimum atomic E-state index is 0.631. The average molecular weight is 324 g/mol. The first kappa shape index (κ1) is 14.7. The zero-order valence-corrected chi connectivity index (χ0v) is 13.7. The monoisotopic (exact) mass is 323 g/mol. The zero-order valence-electron chi connectivity index (χ0n) is 12.2. The summed E-state index contributed by atoms with van der Waals surface area (Å²) in [6.45, 7) is 2.03. The second-order valence-electron chi connectivity index (χ2n) is 5.23. The Hall–Kier alpha value is -1.20. The van der Waals surface area contributed by atoms with Crippen LogP contribution in [0.1, 0.15) is 36.1 Å². The highest BCUT2D eigenvalue weighted by molar-refractivity contribution is 7.97. The van der Waals surface area contributed by atoms with Gasteiger partial charge in [0.05, 0.1) is 17.9 Å². The van der Waals surface area contributed by atoms with Gasteiger partial charge in [0.25, 0.3) is 0 Å². The van der Waals surface area contributed by atoms with Gasteiger partial charge in [-0.1, -0.05) is 17.7 Å². The third kappa shape index (κ3) is 3.35. The predicted molar refractivity (Wildman–Crippen MR) is 86.0 cm³/mol. The van der Waals surface area contributed by atoms with E-state index in [0.29, 0.717) is 11.1 Å². The van der Waals surface area contributed by atoms with Gasteiger partial charge < -0.3 is 9.30 Å². The fourth-order valence-electron chi connectivity index (χ4n) is 2.38. The Labute approximate surface area is 133 Å². The molecule has 0 unspecified atom stereocenters. The van der Waals surface area contributed by atoms with E-state index in [1.165, 1.54) is 18.4 Å². The molecule has 3 rings (SSSR count). The first-order chi connectivity index (χ1) is 10.2. The molecule has 1 aliphatic carbocycles. The molecule has 1 saturated carbocycles. The van der Waals surface area contributed by atoms with Crippen molar-refractivity contribution < 1.29 is 4.74 Å². The van der Waals surface area contributed by atoms with Crippen molar-refractivity contribution in [2.45, 2.75) is 37.3 Å². The normalized spacial score (nSPS) is 14.4. The second-order valence-corrected chi connectivity index (χ2v) is 6.62. The van der Waals surface area contributed by atoms with E-state index >= 15 is 0 Å². The Balaban J connectivity index is 1.60. The quantitative estimate of drug-likeness (QED) is 0.805. The maximum atomic E-state index is 6.14. The van der Waals surface area contributed by atoms with Gasteiger partial charge in [-0.2, -0.15) is 0 Å². The first-order valence-electron chi connectivity index (χ1n) is 6.99. The molecule has 0 amide bonds. The van der Waals surface area contributed by atoms with Crippen LogP contribution >= 0.6 is 23.4 Å². The van der Waals surface area contributed by atoms with E-state index in [2.05, 4.69) is 20.8 Å². The standard InChI is InChI=1S/C15H18ClN3OS/c1-10-17-18-15(19(10)12-4-5-12)9-21-8-11-3-6-14(20-2)13(16)7-11/h3,6-7,12H,4-5,8-9H2,1-2H3. The van der Waals surface area contributed by atoms with Crippen LogP contribution in [-0.2, 0) is 11.5 Å². The van der Waals surface area contributed by atoms with Crippen molar-refractivity contribution in [2.75, 3.05) is 7.11 Å². The Morgan fingerprint density at radius 3 is 2.81 bits per heavy atom. The van der Waals surface area contributed by atoms with Crippen LogP contribution in [0, 0.1) is 6.92 Å². The summed E-state index contributed by atoms with van der Waals surface area (Å²) in [5.74, 6) is 4.61. The van der Waals surface area contributed by atoms with Crippen LogP contribution in [0.15, 0.2) is 18.2 Å². The molecule has 0 radical (unpaired) electrons. The summed E-state index contributed by atoms with van der Waals surface area (Å²) in [7, 11) is 1.63. The highest BCUT2D eigenvalue weighted by Gasteiger charge is 2.27. The number of halogens is 1. The maximum Gasteiger partial charge on any atom is 0.143 e. The Bertz CT molecular complexity index is 640. The van der Waals surface area contributed by atoms with E-state index in [9.17, 15) is 0 Å². The molecule has 2 aromatic rings. The highest BCUT2D eigenvalue weighted by Crippen LogP contribution is 2.37. The molecule has 1 aromatic heterocycles. The number of thioether (sulfide) groups is 1. The largest absolute Gasteiger partial charge is 0.495 e. The van der Waals surface area contributed by atoms with Crippen molar-refractivity contribution in [2.24, 2.45) is 0 Å². The third-order valence-corrected chi connectivity index (χ3v) is 4.86. The summed E-state index contributed by atoms with van der Waals surface area (Å²) in [4.78, 5) is 0. The number of benzene rings is 1. The minimum absolute atomic E-state index is 0.631. The number of ether oxygens (including phenoxy) is 1. The molecular weight excluding hydrogens is 306 g/mol. The van der Waals surface area contributed by atoms with Gasteiger partial charge in [0.15, 0.2) is 0 Å². The summed E-state index contributed by atoms with van der Waals surface area (Å²) in [6.07, 6.45) is 2.51. The summed E-state index contributed by atoms with van der Waals surface area (Å²) in [5, 5.41) is 9.16. The van der Waals surface area contributed by atoms with Gasteiger partial charge >= 0.3 is 0 Å². The van der Waals surface area contributed by atoms with Crippen molar-refractivity contribution in [3.8, 4) is 5.75 Å². The molecule has 6 heteroatoms. The Morgan fingerprint density at radius 2 is 2.14 bits per heavy atom. The van der Waals surface area contributed by atoms with Crippen molar-refractivity contribution in [1.29, 1.82) is 0 Å². The van der Waals surface area contributed by atoms with E-state index in [-0.39, 0.29) is 0 Å². The number of hydrogen-bond acceptors (Lipinski definition) is 4. The van der Waals surface area contributed by atoms with E-state index < -0.39 is 0 Å². The van der Waals surface area contributed by atoms with Crippen LogP contribution in [0.25, 0.3) is 0 Å². The fraction of sp³-hybridized carbons (Fsp3) is 0.467. The molecular formula is C15H18ClN3OS. The van der Waals surface area contributed by atoms with E-state index in [0.717, 1.165) is 28.9 Å². The molecule has 0 aliphatic heterocycles. The molecule has 0 spiro atoms. The van der Waals surface area contributed by atoms with Crippen LogP contribution < -0.4 is 4.74 Å². The molecule has 0 atom stereocenters. The lowest BCUT2D eigenvalue weighted by Crippen LogP contribution is -2.02. The number of aromatic nitrogens is 3. The maximum absolute atomic E-state index is 6.14. The number of methoxy groups -OCH3 is 1. The van der Waals surface area contributed by atoms with Gasteiger partial charge in [0.2, 0.25) is 0 Å². The second kappa shape index (κ2) is 6.28. The molecule has 4 nitrogen and oxygen atoms in total. The van der Waals surface area contributed by atoms with Crippen molar-refractivity contribution in [3.05, 3.63) is 40.4 Å². The van der Waals surface area contributed by atoms with Crippen LogP contribution in [0.5, 0.6) is 5.75 Å². The van der Waals surface area contributed by atoms with Gasteiger partial charge in [0, 0.05) is 11.8 Å². The van der Waals surface area contributed by atoms with Crippen molar-refractivity contribution in [3.63, 3.8) is 0 Å². The third-order valence-electron chi connectivity index (χ3n) is 3.56. The van der Waals surface area contributed by atoms with Gasteiger partial charge in [-0.15, -0.1) is 22.0 Å². The smallest absolute Gasteiger partial charge is 0.143 e. The fourth-order valence-corrected chi connectivity index (χ4v) is 3.56. The SMILES string of the molecule is COc1ccc(CSCc2nnc(C)n2C2CC2)cc1Cl. The predicted octanol–water partition coefficient (Wildman–Crippen LogP) is 4.02. The summed E-state index contributed by atoms with van der Waals surface area (Å²) in [5.41, 5.74) is 1.19. The molecule has 1 aromatic carbocycles. The molecule has 0 N–H and O–H groups in total. The van der Waals surface area contributed by atoms with Gasteiger partial charge in [-0.05, 0) is 37.5 Å². The molecule has 1 fully saturated rings. The molecule has 1 heterocycles. The van der Waals surface area contributed by atoms with Crippen LogP contribution in [-0.4, -0.2) is 21.9 Å². The lowest BCUT2D eigenvalue weighted by molar-refractivity contribution is 0.415. The molecule has 112 valence electrons. The average Bonchev–Trinajstić information content (AvgIpc) is 3.24. The number of aryl methyl sites for hydroxylation is 1. The van der Waals surface area contributed by atoms with Crippen LogP contribution in [0.2, 0.25) is 5.02 Å². The van der Waals surface area contributed by atoms with E-state index in [1.807, 2.05) is 30.8 Å². The number of hydrogen-bond donors (Lipinski definition) is 0. The van der Waals surface area contributed by atoms with Crippen molar-refractivity contribution >= 4 is 23.4 Å². The van der Waals surface area contributed by atoms with Crippen LogP contribution in [0.3, 0.4) is 0 Å². The topological polar surface area (TPSA) is 39.9 Å². The van der Waals surface area contributed by atoms with Crippen molar-refractivity contribution in [1.82, 2.24) is 14.8 Å². The van der Waals surface area contributed by atoms with Gasteiger partial charge in [-0.25, -0.2) is 0 Å². The first-order valence-corrected chi connectivity index (χ1v) is 8.53. The van der Waals surface area contributed by atoms with E-state index in [4.69, 9.17) is 16.3 Å². The molecule has 0 saturated heterocycles. The van der Waals surface area contributed by atoms with Gasteiger partial charge in [-0.3, -0.25) is 0 Å². The number of nitrogens with zero attached hydrogens (tertiary/aromatic N) is 3. The lowest BCUT2D eigenvalue weighted by atomic mass is 10.2. The molecule has 21 heavy (non-hydrogen) atoms. The van der Waals surface area contributed by atoms with E-state index in [1.54, 1.807) is 7.11 Å². The zero-order chi connectivity index (χ0) is 14.8. The Morgan fingerprint density at radius 1 is 1.33 bits per heavy atom. The van der Waals surface area contributed by atoms with Gasteiger partial charge in [0.1, 0.15) is 17.4 Å². The summed E-state index contributed by atoms with van der Waals surface area (Å²) >= 11 is 7.97. The highest BCUT2D eigenvalue weighted by atomic mass is 35.5. The summed E-state index contributed by atoms with van der Waals surface area (Å²) in [6, 6.07) is 6.56. The lowest BCUT2D eigenvalue weighted by Gasteiger charge is -2.08. The molecule has 0 bridgehead atoms. The van der Waals surface area contributed by atoms with Crippen LogP contribution in [0.4, 0.5) is 0 Å². The summed E-state index contributed by atoms with van der Waals surface area (Å²) < 4.78 is 7.45. The Kier molecular flexibility index (Phi) is 4.40. The molecule has 1 aliphatic rings. The minimum Gasteiger partial charge on any atom is -0.495 e. The number of rotatable bonds is 6.